The molecule has 9 heteroatoms. The molecule has 0 spiro atoms. The highest BCUT2D eigenvalue weighted by Crippen LogP contribution is 2.25. The second-order valence-corrected chi connectivity index (χ2v) is 8.92. The number of anilines is 1. The van der Waals surface area contributed by atoms with Crippen molar-refractivity contribution in [2.45, 2.75) is 31.7 Å². The van der Waals surface area contributed by atoms with Crippen LogP contribution in [0.4, 0.5) is 5.82 Å². The average Bonchev–Trinajstić information content (AvgIpc) is 2.89. The maximum Gasteiger partial charge on any atom is 0.328 e. The highest BCUT2D eigenvalue weighted by molar-refractivity contribution is 6.39. The minimum Gasteiger partial charge on any atom is -0.493 e. The van der Waals surface area contributed by atoms with Gasteiger partial charge in [-0.25, -0.2) is 9.78 Å². The van der Waals surface area contributed by atoms with Crippen molar-refractivity contribution < 1.29 is 19.1 Å². The Bertz CT molecular complexity index is 1170. The number of pyridine rings is 1. The number of amides is 1. The van der Waals surface area contributed by atoms with E-state index >= 15 is 0 Å². The number of methoxy groups -OCH3 is 1. The monoisotopic (exact) mass is 529 g/mol. The van der Waals surface area contributed by atoms with E-state index in [-0.39, 0.29) is 27.9 Å². The van der Waals surface area contributed by atoms with E-state index in [1.54, 1.807) is 18.2 Å². The number of carbonyl (C=O) groups excluding carboxylic acids is 2. The van der Waals surface area contributed by atoms with Gasteiger partial charge in [0.05, 0.1) is 29.3 Å². The molecule has 0 bridgehead atoms. The number of rotatable bonds is 11. The first-order valence-electron chi connectivity index (χ1n) is 11.5. The number of hydrogen-bond acceptors (Lipinski definition) is 6. The van der Waals surface area contributed by atoms with Crippen LogP contribution < -0.4 is 15.4 Å². The lowest BCUT2D eigenvalue weighted by Gasteiger charge is -2.18. The Kier molecular flexibility index (Phi) is 9.96. The first kappa shape index (κ1) is 27.3. The Balaban J connectivity index is 1.65. The molecule has 2 N–H and O–H groups in total. The lowest BCUT2D eigenvalue weighted by atomic mass is 10.0. The Labute approximate surface area is 221 Å². The molecule has 2 atom stereocenters. The highest BCUT2D eigenvalue weighted by atomic mass is 35.5. The van der Waals surface area contributed by atoms with Gasteiger partial charge in [-0.1, -0.05) is 54.4 Å². The van der Waals surface area contributed by atoms with E-state index in [0.717, 1.165) is 23.5 Å². The van der Waals surface area contributed by atoms with Crippen molar-refractivity contribution in [2.24, 2.45) is 0 Å². The van der Waals surface area contributed by atoms with E-state index < -0.39 is 17.9 Å². The smallest absolute Gasteiger partial charge is 0.328 e. The molecule has 3 rings (SSSR count). The molecule has 0 saturated heterocycles. The number of halogens is 2. The summed E-state index contributed by atoms with van der Waals surface area (Å²) in [5.74, 6) is 0.535. The lowest BCUT2D eigenvalue weighted by molar-refractivity contribution is -0.142. The molecule has 0 aliphatic carbocycles. The summed E-state index contributed by atoms with van der Waals surface area (Å²) in [6.07, 6.45) is 1.10. The molecule has 190 valence electrons. The minimum absolute atomic E-state index is 0.110. The molecule has 36 heavy (non-hydrogen) atoms. The van der Waals surface area contributed by atoms with Gasteiger partial charge in [0.25, 0.3) is 5.91 Å². The molecular formula is C27H29Cl2N3O4. The van der Waals surface area contributed by atoms with Crippen LogP contribution in [-0.4, -0.2) is 43.7 Å². The fourth-order valence-corrected chi connectivity index (χ4v) is 4.23. The van der Waals surface area contributed by atoms with Crippen molar-refractivity contribution >= 4 is 40.9 Å². The zero-order valence-electron chi connectivity index (χ0n) is 20.4. The van der Waals surface area contributed by atoms with E-state index in [1.165, 1.54) is 7.11 Å². The molecule has 1 heterocycles. The quantitative estimate of drug-likeness (QED) is 0.318. The summed E-state index contributed by atoms with van der Waals surface area (Å²) in [4.78, 5) is 29.8. The van der Waals surface area contributed by atoms with Crippen LogP contribution in [0.3, 0.4) is 0 Å². The van der Waals surface area contributed by atoms with Gasteiger partial charge in [-0.15, -0.1) is 0 Å². The number of aromatic nitrogens is 1. The molecule has 1 aromatic heterocycles. The van der Waals surface area contributed by atoms with Gasteiger partial charge in [0.1, 0.15) is 17.6 Å². The van der Waals surface area contributed by atoms with Crippen LogP contribution in [-0.2, 0) is 16.0 Å². The largest absolute Gasteiger partial charge is 0.493 e. The molecule has 0 fully saturated rings. The first-order valence-corrected chi connectivity index (χ1v) is 12.3. The lowest BCUT2D eigenvalue weighted by Crippen LogP contribution is -2.43. The third kappa shape index (κ3) is 7.12. The summed E-state index contributed by atoms with van der Waals surface area (Å²) in [7, 11) is 3.11. The van der Waals surface area contributed by atoms with Crippen LogP contribution >= 0.6 is 23.2 Å². The molecule has 0 aliphatic heterocycles. The second-order valence-electron chi connectivity index (χ2n) is 8.11. The molecular weight excluding hydrogens is 501 g/mol. The average molecular weight is 530 g/mol. The third-order valence-corrected chi connectivity index (χ3v) is 6.36. The van der Waals surface area contributed by atoms with E-state index in [4.69, 9.17) is 32.7 Å². The van der Waals surface area contributed by atoms with Crippen LogP contribution in [0, 0.1) is 0 Å². The predicted molar refractivity (Wildman–Crippen MR) is 142 cm³/mol. The maximum absolute atomic E-state index is 12.8. The van der Waals surface area contributed by atoms with Crippen molar-refractivity contribution in [3.63, 3.8) is 0 Å². The second kappa shape index (κ2) is 13.1. The normalized spacial score (nSPS) is 12.4. The Morgan fingerprint density at radius 1 is 1.00 bits per heavy atom. The summed E-state index contributed by atoms with van der Waals surface area (Å²) in [6.45, 7) is 2.58. The van der Waals surface area contributed by atoms with Gasteiger partial charge in [0, 0.05) is 25.1 Å². The molecule has 0 saturated carbocycles. The standard InChI is InChI=1S/C27H29Cl2N3O4/c1-4-18(22-9-6-10-24(30-2)31-22)16-36-19-13-11-17(12-14-19)15-23(27(34)35-3)32-26(33)25-20(28)7-5-8-21(25)29/h5-14,18,23H,4,15-16H2,1-3H3,(H,30,31)(H,32,33)/t18?,23-/m0/s1. The van der Waals surface area contributed by atoms with Crippen molar-refractivity contribution in [2.75, 3.05) is 26.1 Å². The van der Waals surface area contributed by atoms with Crippen molar-refractivity contribution in [1.82, 2.24) is 10.3 Å². The molecule has 0 aliphatic rings. The van der Waals surface area contributed by atoms with E-state index in [2.05, 4.69) is 22.5 Å². The fraction of sp³-hybridized carbons (Fsp3) is 0.296. The van der Waals surface area contributed by atoms with Gasteiger partial charge in [0.2, 0.25) is 0 Å². The van der Waals surface area contributed by atoms with Crippen molar-refractivity contribution in [3.8, 4) is 5.75 Å². The Hall–Kier alpha value is -3.29. The van der Waals surface area contributed by atoms with Crippen LogP contribution in [0.5, 0.6) is 5.75 Å². The number of nitrogens with zero attached hydrogens (tertiary/aromatic N) is 1. The minimum atomic E-state index is -0.920. The van der Waals surface area contributed by atoms with Gasteiger partial charge in [-0.05, 0) is 48.4 Å². The third-order valence-electron chi connectivity index (χ3n) is 5.73. The zero-order chi connectivity index (χ0) is 26.1. The predicted octanol–water partition coefficient (Wildman–Crippen LogP) is 5.52. The number of esters is 1. The zero-order valence-corrected chi connectivity index (χ0v) is 21.9. The van der Waals surface area contributed by atoms with Crippen LogP contribution in [0.1, 0.15) is 40.9 Å². The first-order chi connectivity index (χ1) is 17.4. The number of carbonyl (C=O) groups is 2. The SMILES string of the molecule is CCC(COc1ccc(C[C@H](NC(=O)c2c(Cl)cccc2Cl)C(=O)OC)cc1)c1cccc(NC)n1. The summed E-state index contributed by atoms with van der Waals surface area (Å²) in [6, 6.07) is 17.1. The molecule has 1 unspecified atom stereocenters. The van der Waals surface area contributed by atoms with Gasteiger partial charge >= 0.3 is 5.97 Å². The topological polar surface area (TPSA) is 89.5 Å². The van der Waals surface area contributed by atoms with Gasteiger partial charge < -0.3 is 20.1 Å². The van der Waals surface area contributed by atoms with E-state index in [9.17, 15) is 9.59 Å². The fourth-order valence-electron chi connectivity index (χ4n) is 3.67. The molecule has 2 aromatic carbocycles. The van der Waals surface area contributed by atoms with Gasteiger partial charge in [-0.2, -0.15) is 0 Å². The number of ether oxygens (including phenoxy) is 2. The van der Waals surface area contributed by atoms with Gasteiger partial charge in [0.15, 0.2) is 0 Å². The summed E-state index contributed by atoms with van der Waals surface area (Å²) < 4.78 is 10.9. The number of benzene rings is 2. The van der Waals surface area contributed by atoms with Crippen molar-refractivity contribution in [1.29, 1.82) is 0 Å². The van der Waals surface area contributed by atoms with Gasteiger partial charge in [-0.3, -0.25) is 4.79 Å². The molecule has 0 radical (unpaired) electrons. The van der Waals surface area contributed by atoms with Crippen LogP contribution in [0.25, 0.3) is 0 Å². The van der Waals surface area contributed by atoms with Crippen molar-refractivity contribution in [3.05, 3.63) is 87.5 Å². The molecule has 3 aromatic rings. The summed E-state index contributed by atoms with van der Waals surface area (Å²) >= 11 is 12.3. The Morgan fingerprint density at radius 3 is 2.28 bits per heavy atom. The van der Waals surface area contributed by atoms with Crippen LogP contribution in [0.15, 0.2) is 60.7 Å². The maximum atomic E-state index is 12.8. The summed E-state index contributed by atoms with van der Waals surface area (Å²) in [5.41, 5.74) is 1.90. The van der Waals surface area contributed by atoms with E-state index in [1.807, 2.05) is 49.5 Å². The highest BCUT2D eigenvalue weighted by Gasteiger charge is 2.25. The summed E-state index contributed by atoms with van der Waals surface area (Å²) in [5, 5.41) is 6.13. The van der Waals surface area contributed by atoms with E-state index in [0.29, 0.717) is 12.4 Å². The number of hydrogen-bond donors (Lipinski definition) is 2. The molecule has 7 nitrogen and oxygen atoms in total. The number of nitrogens with one attached hydrogen (secondary N) is 2. The van der Waals surface area contributed by atoms with Crippen LogP contribution in [0.2, 0.25) is 10.0 Å². The Morgan fingerprint density at radius 2 is 1.67 bits per heavy atom. The molecule has 1 amide bonds.